The molecule has 5 rings (SSSR count). The molecule has 0 saturated carbocycles. The van der Waals surface area contributed by atoms with Crippen LogP contribution in [-0.4, -0.2) is 42.2 Å². The van der Waals surface area contributed by atoms with E-state index < -0.39 is 0 Å². The van der Waals surface area contributed by atoms with Crippen LogP contribution in [0.1, 0.15) is 28.7 Å². The van der Waals surface area contributed by atoms with Gasteiger partial charge in [0.1, 0.15) is 6.61 Å². The van der Waals surface area contributed by atoms with Crippen LogP contribution in [0.2, 0.25) is 0 Å². The first-order valence-corrected chi connectivity index (χ1v) is 10.2. The molecule has 6 nitrogen and oxygen atoms in total. The van der Waals surface area contributed by atoms with Crippen LogP contribution >= 0.6 is 0 Å². The summed E-state index contributed by atoms with van der Waals surface area (Å²) >= 11 is 0. The minimum absolute atomic E-state index is 0.0488. The number of aromatic amines is 1. The second-order valence-electron chi connectivity index (χ2n) is 7.74. The number of nitrogens with one attached hydrogen (secondary N) is 2. The summed E-state index contributed by atoms with van der Waals surface area (Å²) in [7, 11) is 0. The second-order valence-corrected chi connectivity index (χ2v) is 7.74. The molecule has 3 aromatic rings. The van der Waals surface area contributed by atoms with Crippen LogP contribution in [0.15, 0.2) is 71.7 Å². The molecule has 152 valence electrons. The van der Waals surface area contributed by atoms with E-state index in [0.717, 1.165) is 5.56 Å². The van der Waals surface area contributed by atoms with Crippen LogP contribution in [0.25, 0.3) is 11.1 Å². The van der Waals surface area contributed by atoms with Crippen molar-refractivity contribution >= 4 is 6.09 Å². The molecule has 1 aliphatic carbocycles. The fourth-order valence-electron chi connectivity index (χ4n) is 4.50. The first kappa shape index (κ1) is 18.6. The van der Waals surface area contributed by atoms with E-state index in [1.165, 1.54) is 22.3 Å². The lowest BCUT2D eigenvalue weighted by atomic mass is 9.98. The summed E-state index contributed by atoms with van der Waals surface area (Å²) in [6.07, 6.45) is 1.32. The normalized spacial score (nSPS) is 18.0. The van der Waals surface area contributed by atoms with E-state index >= 15 is 0 Å². The Bertz CT molecular complexity index is 1090. The molecular weight excluding hydrogens is 378 g/mol. The monoisotopic (exact) mass is 401 g/mol. The molecule has 0 radical (unpaired) electrons. The Labute approximate surface area is 174 Å². The summed E-state index contributed by atoms with van der Waals surface area (Å²) in [4.78, 5) is 28.8. The number of ether oxygens (including phenoxy) is 1. The molecule has 2 aromatic carbocycles. The minimum atomic E-state index is -0.312. The van der Waals surface area contributed by atoms with Crippen LogP contribution in [0.5, 0.6) is 0 Å². The van der Waals surface area contributed by atoms with Gasteiger partial charge in [0.15, 0.2) is 0 Å². The Morgan fingerprint density at radius 1 is 1.03 bits per heavy atom. The molecule has 6 heteroatoms. The van der Waals surface area contributed by atoms with E-state index in [0.29, 0.717) is 26.2 Å². The minimum Gasteiger partial charge on any atom is -0.448 e. The number of fused-ring (bicyclic) bond motifs is 3. The molecule has 0 bridgehead atoms. The van der Waals surface area contributed by atoms with E-state index in [1.807, 2.05) is 30.3 Å². The van der Waals surface area contributed by atoms with Gasteiger partial charge in [0.2, 0.25) is 5.56 Å². The fraction of sp³-hybridized carbons (Fsp3) is 0.250. The van der Waals surface area contributed by atoms with E-state index in [1.54, 1.807) is 17.2 Å². The number of piperazine rings is 1. The van der Waals surface area contributed by atoms with Gasteiger partial charge in [-0.2, -0.15) is 0 Å². The summed E-state index contributed by atoms with van der Waals surface area (Å²) in [6.45, 7) is 2.02. The third-order valence-electron chi connectivity index (χ3n) is 5.97. The van der Waals surface area contributed by atoms with Crippen molar-refractivity contribution in [2.45, 2.75) is 12.0 Å². The number of nitrogens with zero attached hydrogens (tertiary/aromatic N) is 1. The quantitative estimate of drug-likeness (QED) is 0.706. The first-order chi connectivity index (χ1) is 14.7. The lowest BCUT2D eigenvalue weighted by Gasteiger charge is -2.33. The molecule has 30 heavy (non-hydrogen) atoms. The number of aromatic nitrogens is 1. The molecule has 2 heterocycles. The number of rotatable bonds is 3. The van der Waals surface area contributed by atoms with Crippen molar-refractivity contribution in [1.29, 1.82) is 0 Å². The van der Waals surface area contributed by atoms with Crippen LogP contribution in [-0.2, 0) is 4.74 Å². The van der Waals surface area contributed by atoms with Gasteiger partial charge in [-0.05, 0) is 33.9 Å². The van der Waals surface area contributed by atoms with Gasteiger partial charge in [0.05, 0.1) is 6.04 Å². The van der Waals surface area contributed by atoms with Gasteiger partial charge in [-0.15, -0.1) is 0 Å². The zero-order valence-electron chi connectivity index (χ0n) is 16.5. The van der Waals surface area contributed by atoms with Crippen molar-refractivity contribution in [1.82, 2.24) is 15.2 Å². The number of hydrogen-bond donors (Lipinski definition) is 2. The van der Waals surface area contributed by atoms with Gasteiger partial charge >= 0.3 is 6.09 Å². The van der Waals surface area contributed by atoms with E-state index in [9.17, 15) is 9.59 Å². The van der Waals surface area contributed by atoms with E-state index in [4.69, 9.17) is 4.74 Å². The van der Waals surface area contributed by atoms with Crippen molar-refractivity contribution < 1.29 is 9.53 Å². The second kappa shape index (κ2) is 7.80. The van der Waals surface area contributed by atoms with E-state index in [2.05, 4.69) is 34.6 Å². The van der Waals surface area contributed by atoms with Crippen LogP contribution in [0, 0.1) is 0 Å². The Kier molecular flexibility index (Phi) is 4.85. The third kappa shape index (κ3) is 3.39. The highest BCUT2D eigenvalue weighted by molar-refractivity contribution is 5.79. The van der Waals surface area contributed by atoms with Gasteiger partial charge in [-0.3, -0.25) is 4.79 Å². The summed E-state index contributed by atoms with van der Waals surface area (Å²) in [6, 6.07) is 20.0. The van der Waals surface area contributed by atoms with Crippen LogP contribution < -0.4 is 10.9 Å². The first-order valence-electron chi connectivity index (χ1n) is 10.2. The maximum Gasteiger partial charge on any atom is 0.409 e. The number of carbonyl (C=O) groups excluding carboxylic acids is 1. The average molecular weight is 401 g/mol. The van der Waals surface area contributed by atoms with Crippen molar-refractivity contribution in [3.63, 3.8) is 0 Å². The van der Waals surface area contributed by atoms with Gasteiger partial charge in [0.25, 0.3) is 0 Å². The summed E-state index contributed by atoms with van der Waals surface area (Å²) in [5.41, 5.74) is 5.56. The maximum atomic E-state index is 12.8. The standard InChI is InChI=1S/C24H23N3O3/c28-23-13-16(9-10-26-23)22-14-27(12-11-25-22)24(29)30-15-21-19-7-3-1-5-17(19)18-6-2-4-8-20(18)21/h1-10,13,21-22,25H,11-12,14-15H2,(H,26,28). The lowest BCUT2D eigenvalue weighted by Crippen LogP contribution is -2.48. The average Bonchev–Trinajstić information content (AvgIpc) is 3.11. The topological polar surface area (TPSA) is 74.4 Å². The molecule has 1 aromatic heterocycles. The zero-order chi connectivity index (χ0) is 20.5. The summed E-state index contributed by atoms with van der Waals surface area (Å²) in [5.74, 6) is 0.0488. The molecule has 1 unspecified atom stereocenters. The molecule has 1 fully saturated rings. The van der Waals surface area contributed by atoms with Gasteiger partial charge in [-0.25, -0.2) is 4.79 Å². The molecule has 0 spiro atoms. The zero-order valence-corrected chi connectivity index (χ0v) is 16.5. The number of amides is 1. The smallest absolute Gasteiger partial charge is 0.409 e. The molecular formula is C24H23N3O3. The Morgan fingerprint density at radius 2 is 1.73 bits per heavy atom. The number of H-pyrrole nitrogens is 1. The van der Waals surface area contributed by atoms with Gasteiger partial charge in [0, 0.05) is 37.8 Å². The van der Waals surface area contributed by atoms with Gasteiger partial charge < -0.3 is 19.9 Å². The Balaban J connectivity index is 1.29. The van der Waals surface area contributed by atoms with Crippen molar-refractivity contribution in [2.24, 2.45) is 0 Å². The number of benzene rings is 2. The highest BCUT2D eigenvalue weighted by Gasteiger charge is 2.31. The van der Waals surface area contributed by atoms with Crippen molar-refractivity contribution in [3.8, 4) is 11.1 Å². The molecule has 1 atom stereocenters. The van der Waals surface area contributed by atoms with Gasteiger partial charge in [-0.1, -0.05) is 48.5 Å². The fourth-order valence-corrected chi connectivity index (χ4v) is 4.50. The predicted octanol–water partition coefficient (Wildman–Crippen LogP) is 3.27. The molecule has 1 saturated heterocycles. The SMILES string of the molecule is O=C(OCC1c2ccccc2-c2ccccc21)N1CCNC(c2cc[nH]c(=O)c2)C1. The van der Waals surface area contributed by atoms with Crippen molar-refractivity contribution in [3.05, 3.63) is 93.9 Å². The number of hydrogen-bond acceptors (Lipinski definition) is 4. The summed E-state index contributed by atoms with van der Waals surface area (Å²) in [5, 5.41) is 3.37. The molecule has 2 aliphatic rings. The largest absolute Gasteiger partial charge is 0.448 e. The Morgan fingerprint density at radius 3 is 2.43 bits per heavy atom. The molecule has 1 amide bonds. The highest BCUT2D eigenvalue weighted by Crippen LogP contribution is 2.44. The number of pyridine rings is 1. The van der Waals surface area contributed by atoms with E-state index in [-0.39, 0.29) is 23.6 Å². The molecule has 1 aliphatic heterocycles. The highest BCUT2D eigenvalue weighted by atomic mass is 16.6. The lowest BCUT2D eigenvalue weighted by molar-refractivity contribution is 0.0883. The maximum absolute atomic E-state index is 12.8. The van der Waals surface area contributed by atoms with Crippen LogP contribution in [0.4, 0.5) is 4.79 Å². The summed E-state index contributed by atoms with van der Waals surface area (Å²) < 4.78 is 5.78. The molecule has 2 N–H and O–H groups in total. The number of carbonyl (C=O) groups is 1. The van der Waals surface area contributed by atoms with Crippen molar-refractivity contribution in [2.75, 3.05) is 26.2 Å². The Hall–Kier alpha value is -3.38. The van der Waals surface area contributed by atoms with Crippen LogP contribution in [0.3, 0.4) is 0 Å². The predicted molar refractivity (Wildman–Crippen MR) is 114 cm³/mol. The third-order valence-corrected chi connectivity index (χ3v) is 5.97.